The van der Waals surface area contributed by atoms with Gasteiger partial charge in [0, 0.05) is 85.9 Å². The van der Waals surface area contributed by atoms with Crippen molar-refractivity contribution in [3.05, 3.63) is 82.9 Å². The van der Waals surface area contributed by atoms with Crippen LogP contribution in [0.1, 0.15) is 140 Å². The maximum absolute atomic E-state index is 12.7. The number of halogens is 1. The molecule has 0 radical (unpaired) electrons. The summed E-state index contributed by atoms with van der Waals surface area (Å²) in [4.78, 5) is 72.0. The molecule has 0 bridgehead atoms. The molecule has 5 N–H and O–H groups in total. The smallest absolute Gasteiger partial charge is 0.508 e. The molecule has 4 aromatic rings. The van der Waals surface area contributed by atoms with E-state index in [1.54, 1.807) is 13.0 Å². The summed E-state index contributed by atoms with van der Waals surface area (Å²) in [7, 11) is 0. The van der Waals surface area contributed by atoms with E-state index in [4.69, 9.17) is 49.5 Å². The zero-order valence-electron chi connectivity index (χ0n) is 41.6. The number of carbonyl (C=O) groups is 6. The second kappa shape index (κ2) is 28.7. The van der Waals surface area contributed by atoms with E-state index >= 15 is 0 Å². The summed E-state index contributed by atoms with van der Waals surface area (Å²) in [5.74, 6) is -2.22. The van der Waals surface area contributed by atoms with Gasteiger partial charge in [0.1, 0.15) is 46.7 Å². The lowest BCUT2D eigenvalue weighted by Crippen LogP contribution is -2.35. The molecular weight excluding hydrogens is 976 g/mol. The van der Waals surface area contributed by atoms with Crippen molar-refractivity contribution in [2.24, 2.45) is 0 Å². The molecule has 4 atom stereocenters. The standard InChI is InChI=1S/C34H42O12.C15H14O6.C4H7ClO/c1-6-11-29(35)42-24-16-15-21(17-27(24)44-31(37)13-8-3)33-28(45-32(38)14-9-4)20-23-25(43-30(36)12-7-2)18-22(19-26(23)46-33)41-34(39)40-10-5;16-8-4-11(18)9-6-13(20)15(21-14(9)5-8)7-1-2-10(17)12(19)3-7;1-2-3-4(5)6/h15-19,28,33H,6-14,20H2,1-5H3;1-5,13,15-20H,6H2;2-3H2,1H3/t28-,33-;13-,15-;/m11./s1. The minimum atomic E-state index is -0.959. The number of aliphatic hydroxyl groups is 1. The number of hydrogen-bond donors (Lipinski definition) is 5. The number of carbonyl (C=O) groups excluding carboxylic acids is 6. The van der Waals surface area contributed by atoms with Crippen molar-refractivity contribution < 1.29 is 92.2 Å². The van der Waals surface area contributed by atoms with E-state index in [9.17, 15) is 54.3 Å². The number of ether oxygens (including phenoxy) is 8. The van der Waals surface area contributed by atoms with Crippen LogP contribution >= 0.6 is 11.6 Å². The van der Waals surface area contributed by atoms with Gasteiger partial charge in [-0.05, 0) is 80.5 Å². The molecule has 2 aliphatic rings. The van der Waals surface area contributed by atoms with Gasteiger partial charge in [0.15, 0.2) is 29.1 Å². The first-order valence-corrected chi connectivity index (χ1v) is 24.5. The van der Waals surface area contributed by atoms with Gasteiger partial charge in [0.05, 0.1) is 12.7 Å². The molecule has 19 nitrogen and oxygen atoms in total. The Bertz CT molecular complexity index is 2560. The van der Waals surface area contributed by atoms with Crippen molar-refractivity contribution >= 4 is 46.9 Å². The highest BCUT2D eigenvalue weighted by molar-refractivity contribution is 6.63. The molecule has 2 heterocycles. The Kier molecular flexibility index (Phi) is 22.9. The summed E-state index contributed by atoms with van der Waals surface area (Å²) in [6.45, 7) is 11.0. The van der Waals surface area contributed by atoms with Gasteiger partial charge in [0.2, 0.25) is 5.24 Å². The molecular formula is C53H63ClO19. The molecule has 2 aliphatic heterocycles. The average Bonchev–Trinajstić information content (AvgIpc) is 3.31. The Labute approximate surface area is 427 Å². The Hall–Kier alpha value is -7.25. The monoisotopic (exact) mass is 1040 g/mol. The minimum absolute atomic E-state index is 0.00187. The van der Waals surface area contributed by atoms with Crippen molar-refractivity contribution in [1.82, 2.24) is 0 Å². The van der Waals surface area contributed by atoms with Gasteiger partial charge < -0.3 is 63.4 Å². The van der Waals surface area contributed by atoms with E-state index in [0.717, 1.165) is 6.42 Å². The molecule has 20 heteroatoms. The summed E-state index contributed by atoms with van der Waals surface area (Å²) < 4.78 is 44.8. The number of esters is 4. The van der Waals surface area contributed by atoms with Crippen LogP contribution in [0, 0.1) is 0 Å². The maximum atomic E-state index is 12.7. The van der Waals surface area contributed by atoms with Gasteiger partial charge in [0.25, 0.3) is 0 Å². The first kappa shape index (κ1) is 58.3. The fraction of sp³-hybridized carbons (Fsp3) is 0.434. The summed E-state index contributed by atoms with van der Waals surface area (Å²) in [5, 5.41) is 48.1. The van der Waals surface area contributed by atoms with Crippen molar-refractivity contribution in [3.63, 3.8) is 0 Å². The quantitative estimate of drug-likeness (QED) is 0.0204. The Balaban J connectivity index is 0.000000349. The van der Waals surface area contributed by atoms with Crippen LogP contribution in [-0.2, 0) is 46.3 Å². The van der Waals surface area contributed by atoms with Crippen LogP contribution in [0.5, 0.6) is 57.5 Å². The predicted octanol–water partition coefficient (Wildman–Crippen LogP) is 9.82. The summed E-state index contributed by atoms with van der Waals surface area (Å²) in [5.41, 5.74) is 1.76. The number of rotatable bonds is 18. The minimum Gasteiger partial charge on any atom is -0.508 e. The van der Waals surface area contributed by atoms with Crippen LogP contribution in [-0.4, -0.2) is 79.6 Å². The van der Waals surface area contributed by atoms with Crippen LogP contribution < -0.4 is 28.4 Å². The van der Waals surface area contributed by atoms with E-state index in [1.165, 1.54) is 54.6 Å². The summed E-state index contributed by atoms with van der Waals surface area (Å²) in [6.07, 6.45) is -0.124. The first-order chi connectivity index (χ1) is 34.8. The van der Waals surface area contributed by atoms with Gasteiger partial charge in [-0.15, -0.1) is 0 Å². The fourth-order valence-corrected chi connectivity index (χ4v) is 7.49. The van der Waals surface area contributed by atoms with Gasteiger partial charge in [-0.2, -0.15) is 0 Å². The highest BCUT2D eigenvalue weighted by Gasteiger charge is 2.38. The van der Waals surface area contributed by atoms with Crippen LogP contribution in [0.2, 0.25) is 0 Å². The zero-order chi connectivity index (χ0) is 53.8. The summed E-state index contributed by atoms with van der Waals surface area (Å²) >= 11 is 4.94. The fourth-order valence-electron chi connectivity index (χ4n) is 7.30. The lowest BCUT2D eigenvalue weighted by atomic mass is 9.93. The van der Waals surface area contributed by atoms with Gasteiger partial charge in [-0.1, -0.05) is 46.8 Å². The molecule has 0 saturated heterocycles. The SMILES string of the molecule is CCCC(=O)Cl.CCCC(=O)Oc1ccc([C@H]2Oc3cc(OC(=O)OCC)cc(OC(=O)CCC)c3C[C@H]2OC(=O)CCC)cc1OC(=O)CCC.Oc1cc(O)c2c(c1)O[C@H](c1ccc(O)c(O)c1)[C@H](O)C2. The van der Waals surface area contributed by atoms with E-state index in [0.29, 0.717) is 54.4 Å². The molecule has 0 aromatic heterocycles. The second-order valence-electron chi connectivity index (χ2n) is 16.7. The van der Waals surface area contributed by atoms with Gasteiger partial charge >= 0.3 is 30.0 Å². The number of phenols is 4. The van der Waals surface area contributed by atoms with E-state index in [2.05, 4.69) is 0 Å². The average molecular weight is 1040 g/mol. The maximum Gasteiger partial charge on any atom is 0.513 e. The predicted molar refractivity (Wildman–Crippen MR) is 262 cm³/mol. The number of phenolic OH excluding ortho intramolecular Hbond substituents is 4. The molecule has 0 unspecified atom stereocenters. The Morgan fingerprint density at radius 3 is 1.67 bits per heavy atom. The first-order valence-electron chi connectivity index (χ1n) is 24.1. The van der Waals surface area contributed by atoms with Crippen LogP contribution in [0.3, 0.4) is 0 Å². The van der Waals surface area contributed by atoms with Crippen molar-refractivity contribution in [3.8, 4) is 57.5 Å². The molecule has 0 fully saturated rings. The Morgan fingerprint density at radius 2 is 1.10 bits per heavy atom. The second-order valence-corrected chi connectivity index (χ2v) is 17.1. The van der Waals surface area contributed by atoms with Crippen molar-refractivity contribution in [2.45, 2.75) is 143 Å². The van der Waals surface area contributed by atoms with E-state index in [-0.39, 0.29) is 108 Å². The molecule has 0 saturated carbocycles. The van der Waals surface area contributed by atoms with Gasteiger partial charge in [-0.25, -0.2) is 4.79 Å². The van der Waals surface area contributed by atoms with Crippen molar-refractivity contribution in [1.29, 1.82) is 0 Å². The third kappa shape index (κ3) is 17.5. The molecule has 0 spiro atoms. The van der Waals surface area contributed by atoms with Crippen LogP contribution in [0.4, 0.5) is 4.79 Å². The molecule has 6 rings (SSSR count). The number of hydrogen-bond acceptors (Lipinski definition) is 19. The van der Waals surface area contributed by atoms with Crippen molar-refractivity contribution in [2.75, 3.05) is 6.61 Å². The lowest BCUT2D eigenvalue weighted by Gasteiger charge is -2.34. The van der Waals surface area contributed by atoms with Crippen LogP contribution in [0.25, 0.3) is 0 Å². The summed E-state index contributed by atoms with van der Waals surface area (Å²) in [6, 6.07) is 14.1. The highest BCUT2D eigenvalue weighted by Crippen LogP contribution is 2.46. The van der Waals surface area contributed by atoms with Gasteiger partial charge in [-0.3, -0.25) is 24.0 Å². The third-order valence-corrected chi connectivity index (χ3v) is 10.8. The molecule has 0 aliphatic carbocycles. The largest absolute Gasteiger partial charge is 0.513 e. The normalized spacial score (nSPS) is 16.1. The van der Waals surface area contributed by atoms with E-state index < -0.39 is 54.4 Å². The molecule has 73 heavy (non-hydrogen) atoms. The zero-order valence-corrected chi connectivity index (χ0v) is 42.4. The number of aromatic hydroxyl groups is 4. The topological polar surface area (TPSA) is 277 Å². The molecule has 4 aromatic carbocycles. The highest BCUT2D eigenvalue weighted by atomic mass is 35.5. The van der Waals surface area contributed by atoms with E-state index in [1.807, 2.05) is 34.6 Å². The number of benzene rings is 4. The number of fused-ring (bicyclic) bond motifs is 2. The number of aliphatic hydroxyl groups excluding tert-OH is 1. The molecule has 396 valence electrons. The third-order valence-electron chi connectivity index (χ3n) is 10.6. The Morgan fingerprint density at radius 1 is 0.548 bits per heavy atom. The van der Waals surface area contributed by atoms with Crippen LogP contribution in [0.15, 0.2) is 60.7 Å². The molecule has 0 amide bonds. The lowest BCUT2D eigenvalue weighted by molar-refractivity contribution is -0.155.